The Morgan fingerprint density at radius 3 is 2.80 bits per heavy atom. The van der Waals surface area contributed by atoms with E-state index in [9.17, 15) is 4.79 Å². The van der Waals surface area contributed by atoms with Gasteiger partial charge in [0.15, 0.2) is 5.78 Å². The zero-order chi connectivity index (χ0) is 10.7. The van der Waals surface area contributed by atoms with Crippen LogP contribution in [0.15, 0.2) is 18.3 Å². The van der Waals surface area contributed by atoms with E-state index >= 15 is 0 Å². The predicted molar refractivity (Wildman–Crippen MR) is 60.1 cm³/mol. The van der Waals surface area contributed by atoms with Gasteiger partial charge in [0.2, 0.25) is 0 Å². The van der Waals surface area contributed by atoms with E-state index in [-0.39, 0.29) is 5.78 Å². The maximum absolute atomic E-state index is 11.7. The molecule has 0 aliphatic heterocycles. The molecule has 1 heterocycles. The summed E-state index contributed by atoms with van der Waals surface area (Å²) in [6.07, 6.45) is 6.96. The average molecular weight is 203 g/mol. The number of aromatic nitrogens is 1. The van der Waals surface area contributed by atoms with Gasteiger partial charge in [-0.15, -0.1) is 0 Å². The second kappa shape index (κ2) is 4.56. The van der Waals surface area contributed by atoms with Gasteiger partial charge in [-0.2, -0.15) is 0 Å². The van der Waals surface area contributed by atoms with Crippen LogP contribution >= 0.6 is 0 Å². The largest absolute Gasteiger partial charge is 0.294 e. The maximum atomic E-state index is 11.7. The number of hydrogen-bond donors (Lipinski definition) is 0. The van der Waals surface area contributed by atoms with Gasteiger partial charge in [-0.05, 0) is 31.4 Å². The average Bonchev–Trinajstić information content (AvgIpc) is 3.10. The van der Waals surface area contributed by atoms with E-state index in [1.54, 1.807) is 6.20 Å². The first-order valence-electron chi connectivity index (χ1n) is 5.80. The van der Waals surface area contributed by atoms with Crippen LogP contribution in [-0.2, 0) is 0 Å². The molecule has 2 nitrogen and oxygen atoms in total. The van der Waals surface area contributed by atoms with Crippen molar-refractivity contribution >= 4 is 5.78 Å². The van der Waals surface area contributed by atoms with Crippen molar-refractivity contribution in [3.05, 3.63) is 29.6 Å². The van der Waals surface area contributed by atoms with Crippen LogP contribution in [0.4, 0.5) is 0 Å². The van der Waals surface area contributed by atoms with Crippen molar-refractivity contribution in [1.29, 1.82) is 0 Å². The lowest BCUT2D eigenvalue weighted by molar-refractivity contribution is 0.0979. The van der Waals surface area contributed by atoms with Gasteiger partial charge in [0.05, 0.1) is 0 Å². The van der Waals surface area contributed by atoms with Crippen molar-refractivity contribution in [2.24, 2.45) is 0 Å². The molecule has 1 fully saturated rings. The van der Waals surface area contributed by atoms with Crippen LogP contribution in [0, 0.1) is 0 Å². The summed E-state index contributed by atoms with van der Waals surface area (Å²) in [5, 5.41) is 0. The molecule has 1 aliphatic carbocycles. The van der Waals surface area contributed by atoms with E-state index in [1.165, 1.54) is 12.8 Å². The van der Waals surface area contributed by atoms with Gasteiger partial charge in [0.1, 0.15) is 0 Å². The summed E-state index contributed by atoms with van der Waals surface area (Å²) in [5.74, 6) is 0.900. The summed E-state index contributed by atoms with van der Waals surface area (Å²) in [6, 6.07) is 3.94. The van der Waals surface area contributed by atoms with Crippen LogP contribution in [0.25, 0.3) is 0 Å². The zero-order valence-electron chi connectivity index (χ0n) is 9.20. The number of carbonyl (C=O) groups is 1. The number of Topliss-reactive ketones (excluding diaryl/α,β-unsaturated/α-hetero) is 1. The van der Waals surface area contributed by atoms with E-state index < -0.39 is 0 Å². The van der Waals surface area contributed by atoms with Crippen molar-refractivity contribution in [1.82, 2.24) is 4.98 Å². The highest BCUT2D eigenvalue weighted by atomic mass is 16.1. The Labute approximate surface area is 90.7 Å². The van der Waals surface area contributed by atoms with Crippen molar-refractivity contribution in [2.75, 3.05) is 0 Å². The van der Waals surface area contributed by atoms with Crippen molar-refractivity contribution in [3.8, 4) is 0 Å². The van der Waals surface area contributed by atoms with Gasteiger partial charge in [-0.1, -0.05) is 13.3 Å². The second-order valence-electron chi connectivity index (χ2n) is 4.27. The van der Waals surface area contributed by atoms with Crippen LogP contribution in [0.2, 0.25) is 0 Å². The van der Waals surface area contributed by atoms with E-state index in [0.29, 0.717) is 12.3 Å². The molecule has 1 saturated carbocycles. The number of ketones is 1. The third kappa shape index (κ3) is 2.65. The summed E-state index contributed by atoms with van der Waals surface area (Å²) in [7, 11) is 0. The normalized spacial score (nSPS) is 15.3. The number of hydrogen-bond acceptors (Lipinski definition) is 2. The van der Waals surface area contributed by atoms with Gasteiger partial charge in [-0.25, -0.2) is 0 Å². The highest BCUT2D eigenvalue weighted by Gasteiger charge is 2.24. The highest BCUT2D eigenvalue weighted by Crippen LogP contribution is 2.38. The van der Waals surface area contributed by atoms with E-state index in [4.69, 9.17) is 0 Å². The molecule has 0 atom stereocenters. The smallest absolute Gasteiger partial charge is 0.164 e. The number of pyridine rings is 1. The van der Waals surface area contributed by atoms with E-state index in [2.05, 4.69) is 11.9 Å². The Kier molecular flexibility index (Phi) is 3.14. The first-order valence-corrected chi connectivity index (χ1v) is 5.80. The lowest BCUT2D eigenvalue weighted by Gasteiger charge is -2.01. The van der Waals surface area contributed by atoms with Crippen molar-refractivity contribution < 1.29 is 4.79 Å². The van der Waals surface area contributed by atoms with Gasteiger partial charge in [-0.3, -0.25) is 9.78 Å². The molecule has 0 spiro atoms. The van der Waals surface area contributed by atoms with E-state index in [0.717, 1.165) is 24.1 Å². The minimum absolute atomic E-state index is 0.228. The molecule has 80 valence electrons. The molecule has 15 heavy (non-hydrogen) atoms. The van der Waals surface area contributed by atoms with Crippen LogP contribution in [0.3, 0.4) is 0 Å². The molecule has 0 N–H and O–H groups in total. The zero-order valence-corrected chi connectivity index (χ0v) is 9.20. The van der Waals surface area contributed by atoms with Crippen LogP contribution in [0.5, 0.6) is 0 Å². The molecular formula is C13H17NO. The molecule has 2 heteroatoms. The molecular weight excluding hydrogens is 186 g/mol. The van der Waals surface area contributed by atoms with Gasteiger partial charge >= 0.3 is 0 Å². The number of carbonyl (C=O) groups excluding carboxylic acids is 1. The number of unbranched alkanes of at least 4 members (excludes halogenated alkanes) is 1. The Bertz CT molecular complexity index is 338. The fourth-order valence-corrected chi connectivity index (χ4v) is 1.67. The lowest BCUT2D eigenvalue weighted by atomic mass is 10.1. The topological polar surface area (TPSA) is 30.0 Å². The lowest BCUT2D eigenvalue weighted by Crippen LogP contribution is -2.00. The summed E-state index contributed by atoms with van der Waals surface area (Å²) >= 11 is 0. The molecule has 0 unspecified atom stereocenters. The quantitative estimate of drug-likeness (QED) is 0.687. The Morgan fingerprint density at radius 2 is 2.27 bits per heavy atom. The molecule has 0 saturated heterocycles. The fourth-order valence-electron chi connectivity index (χ4n) is 1.67. The summed E-state index contributed by atoms with van der Waals surface area (Å²) in [5.41, 5.74) is 1.93. The molecule has 1 aromatic heterocycles. The molecule has 0 radical (unpaired) electrons. The SMILES string of the molecule is CCCCC(=O)c1ccc(C2CC2)nc1. The maximum Gasteiger partial charge on any atom is 0.164 e. The molecule has 0 bridgehead atoms. The third-order valence-electron chi connectivity index (χ3n) is 2.86. The molecule has 1 aliphatic rings. The van der Waals surface area contributed by atoms with Crippen molar-refractivity contribution in [2.45, 2.75) is 44.9 Å². The summed E-state index contributed by atoms with van der Waals surface area (Å²) in [6.45, 7) is 2.10. The molecule has 0 amide bonds. The van der Waals surface area contributed by atoms with Gasteiger partial charge in [0.25, 0.3) is 0 Å². The molecule has 0 aromatic carbocycles. The predicted octanol–water partition coefficient (Wildman–Crippen LogP) is 3.33. The van der Waals surface area contributed by atoms with Crippen LogP contribution in [0.1, 0.15) is 61.0 Å². The monoisotopic (exact) mass is 203 g/mol. The standard InChI is InChI=1S/C13H17NO/c1-2-3-4-13(15)11-7-8-12(14-9-11)10-5-6-10/h7-10H,2-6H2,1H3. The number of nitrogens with zero attached hydrogens (tertiary/aromatic N) is 1. The summed E-state index contributed by atoms with van der Waals surface area (Å²) < 4.78 is 0. The third-order valence-corrected chi connectivity index (χ3v) is 2.86. The molecule has 1 aromatic rings. The number of rotatable bonds is 5. The van der Waals surface area contributed by atoms with E-state index in [1.807, 2.05) is 12.1 Å². The van der Waals surface area contributed by atoms with Crippen molar-refractivity contribution in [3.63, 3.8) is 0 Å². The fraction of sp³-hybridized carbons (Fsp3) is 0.538. The highest BCUT2D eigenvalue weighted by molar-refractivity contribution is 5.95. The molecule has 2 rings (SSSR count). The second-order valence-corrected chi connectivity index (χ2v) is 4.27. The van der Waals surface area contributed by atoms with Crippen LogP contribution < -0.4 is 0 Å². The van der Waals surface area contributed by atoms with Gasteiger partial charge < -0.3 is 0 Å². The van der Waals surface area contributed by atoms with Gasteiger partial charge in [0, 0.05) is 29.8 Å². The Balaban J connectivity index is 1.99. The van der Waals surface area contributed by atoms with Crippen LogP contribution in [-0.4, -0.2) is 10.8 Å². The minimum Gasteiger partial charge on any atom is -0.294 e. The Hall–Kier alpha value is -1.18. The first kappa shape index (κ1) is 10.3. The Morgan fingerprint density at radius 1 is 1.47 bits per heavy atom. The summed E-state index contributed by atoms with van der Waals surface area (Å²) in [4.78, 5) is 16.0. The minimum atomic E-state index is 0.228. The first-order chi connectivity index (χ1) is 7.31.